The molecule has 198 valence electrons. The lowest BCUT2D eigenvalue weighted by atomic mass is 9.99. The van der Waals surface area contributed by atoms with Crippen LogP contribution in [0.2, 0.25) is 0 Å². The first kappa shape index (κ1) is 27.0. The van der Waals surface area contributed by atoms with Crippen LogP contribution in [0.25, 0.3) is 22.4 Å². The minimum absolute atomic E-state index is 0.0263. The zero-order chi connectivity index (χ0) is 27.2. The van der Waals surface area contributed by atoms with Gasteiger partial charge >= 0.3 is 0 Å². The number of benzene rings is 1. The lowest BCUT2D eigenvalue weighted by Gasteiger charge is -2.17. The largest absolute Gasteiger partial charge is 0.471 e. The Morgan fingerprint density at radius 2 is 1.61 bits per heavy atom. The average Bonchev–Trinajstić information content (AvgIpc) is 2.90. The third-order valence-corrected chi connectivity index (χ3v) is 5.73. The number of halogens is 3. The highest BCUT2D eigenvalue weighted by molar-refractivity contribution is 5.85. The Bertz CT molecular complexity index is 1400. The Labute approximate surface area is 217 Å². The number of nitrogens with two attached hydrogens (primary N) is 1. The molecule has 0 spiro atoms. The fourth-order valence-corrected chi connectivity index (χ4v) is 3.94. The second kappa shape index (κ2) is 12.0. The fraction of sp³-hybridized carbons (Fsp3) is 0.259. The summed E-state index contributed by atoms with van der Waals surface area (Å²) in [6, 6.07) is 13.6. The number of rotatable bonds is 10. The van der Waals surface area contributed by atoms with Gasteiger partial charge in [0, 0.05) is 36.1 Å². The van der Waals surface area contributed by atoms with Crippen molar-refractivity contribution < 1.29 is 28.1 Å². The molecule has 0 aliphatic carbocycles. The van der Waals surface area contributed by atoms with Gasteiger partial charge in [-0.3, -0.25) is 9.97 Å². The van der Waals surface area contributed by atoms with E-state index in [4.69, 9.17) is 10.5 Å². The third-order valence-electron chi connectivity index (χ3n) is 5.73. The lowest BCUT2D eigenvalue weighted by Crippen LogP contribution is -2.15. The zero-order valence-electron chi connectivity index (χ0n) is 20.5. The fourth-order valence-electron chi connectivity index (χ4n) is 3.94. The predicted octanol–water partition coefficient (Wildman–Crippen LogP) is 4.29. The summed E-state index contributed by atoms with van der Waals surface area (Å²) in [7, 11) is 0. The molecular formula is C27H26F3N5O3. The first-order valence-electron chi connectivity index (χ1n) is 11.8. The van der Waals surface area contributed by atoms with Gasteiger partial charge in [0.1, 0.15) is 18.1 Å². The van der Waals surface area contributed by atoms with Crippen molar-refractivity contribution in [2.75, 3.05) is 18.9 Å². The molecule has 0 aliphatic heterocycles. The molecule has 3 aromatic heterocycles. The highest BCUT2D eigenvalue weighted by atomic mass is 19.3. The monoisotopic (exact) mass is 525 g/mol. The molecule has 38 heavy (non-hydrogen) atoms. The average molecular weight is 526 g/mol. The van der Waals surface area contributed by atoms with E-state index in [1.165, 1.54) is 30.3 Å². The Balaban J connectivity index is 1.78. The van der Waals surface area contributed by atoms with E-state index >= 15 is 0 Å². The number of aliphatic hydroxyl groups is 2. The van der Waals surface area contributed by atoms with Gasteiger partial charge in [-0.25, -0.2) is 18.2 Å². The Hall–Kier alpha value is -4.09. The Kier molecular flexibility index (Phi) is 8.49. The van der Waals surface area contributed by atoms with Crippen LogP contribution in [0.3, 0.4) is 0 Å². The van der Waals surface area contributed by atoms with Crippen molar-refractivity contribution in [2.45, 2.75) is 26.4 Å². The van der Waals surface area contributed by atoms with Crippen molar-refractivity contribution in [3.63, 3.8) is 0 Å². The van der Waals surface area contributed by atoms with Crippen molar-refractivity contribution in [3.8, 4) is 28.3 Å². The first-order chi connectivity index (χ1) is 18.3. The van der Waals surface area contributed by atoms with Crippen LogP contribution in [-0.2, 0) is 13.0 Å². The van der Waals surface area contributed by atoms with Crippen molar-refractivity contribution in [1.82, 2.24) is 19.9 Å². The van der Waals surface area contributed by atoms with Crippen molar-refractivity contribution in [1.29, 1.82) is 0 Å². The Morgan fingerprint density at radius 1 is 0.895 bits per heavy atom. The number of nitrogen functional groups attached to an aromatic ring is 1. The van der Waals surface area contributed by atoms with Crippen LogP contribution < -0.4 is 10.5 Å². The van der Waals surface area contributed by atoms with Gasteiger partial charge in [-0.05, 0) is 67.4 Å². The second-order valence-corrected chi connectivity index (χ2v) is 8.68. The normalized spacial score (nSPS) is 11.4. The van der Waals surface area contributed by atoms with Crippen LogP contribution >= 0.6 is 0 Å². The van der Waals surface area contributed by atoms with Gasteiger partial charge in [0.05, 0.1) is 17.0 Å². The molecule has 0 saturated heterocycles. The van der Waals surface area contributed by atoms with Gasteiger partial charge < -0.3 is 20.7 Å². The van der Waals surface area contributed by atoms with E-state index in [0.717, 1.165) is 0 Å². The van der Waals surface area contributed by atoms with E-state index in [9.17, 15) is 23.4 Å². The molecule has 0 unspecified atom stereocenters. The summed E-state index contributed by atoms with van der Waals surface area (Å²) in [6.07, 6.45) is -2.44. The van der Waals surface area contributed by atoms with Gasteiger partial charge in [0.2, 0.25) is 11.8 Å². The van der Waals surface area contributed by atoms with Gasteiger partial charge in [-0.1, -0.05) is 6.07 Å². The number of aryl methyl sites for hydroxylation is 1. The molecule has 4 rings (SSSR count). The molecule has 3 heterocycles. The minimum atomic E-state index is -2.81. The number of hydrogen-bond acceptors (Lipinski definition) is 8. The van der Waals surface area contributed by atoms with Crippen LogP contribution in [0, 0.1) is 18.7 Å². The maximum absolute atomic E-state index is 13.6. The summed E-state index contributed by atoms with van der Waals surface area (Å²) in [5, 5.41) is 18.7. The van der Waals surface area contributed by atoms with Crippen LogP contribution in [0.4, 0.5) is 19.1 Å². The summed E-state index contributed by atoms with van der Waals surface area (Å²) in [5.41, 5.74) is 8.46. The van der Waals surface area contributed by atoms with Crippen LogP contribution in [-0.4, -0.2) is 43.4 Å². The topological polar surface area (TPSA) is 127 Å². The molecule has 0 amide bonds. The molecule has 11 heteroatoms. The molecule has 4 aromatic rings. The number of alkyl halides is 2. The number of nitrogens with zero attached hydrogens (tertiary/aromatic N) is 4. The highest BCUT2D eigenvalue weighted by Gasteiger charge is 2.22. The SMILES string of the molecule is Cc1cc(-c2c(OCc3cccc(CC(CO)CO)n3)nc(N)nc2-c2ccc(F)cc2)cc(C(F)F)n1. The van der Waals surface area contributed by atoms with Crippen molar-refractivity contribution in [2.24, 2.45) is 5.92 Å². The molecule has 0 radical (unpaired) electrons. The first-order valence-corrected chi connectivity index (χ1v) is 11.8. The molecule has 0 saturated carbocycles. The Morgan fingerprint density at radius 3 is 2.29 bits per heavy atom. The summed E-state index contributed by atoms with van der Waals surface area (Å²) >= 11 is 0. The summed E-state index contributed by atoms with van der Waals surface area (Å²) in [6.45, 7) is 1.18. The number of aromatic nitrogens is 4. The number of anilines is 1. The molecule has 4 N–H and O–H groups in total. The van der Waals surface area contributed by atoms with Crippen LogP contribution in [0.1, 0.15) is 29.2 Å². The maximum atomic E-state index is 13.6. The van der Waals surface area contributed by atoms with E-state index in [-0.39, 0.29) is 48.8 Å². The zero-order valence-corrected chi connectivity index (χ0v) is 20.5. The van der Waals surface area contributed by atoms with Gasteiger partial charge in [0.15, 0.2) is 0 Å². The number of ether oxygens (including phenoxy) is 1. The number of pyridine rings is 2. The van der Waals surface area contributed by atoms with Crippen molar-refractivity contribution >= 4 is 5.95 Å². The smallest absolute Gasteiger partial charge is 0.280 e. The number of hydrogen-bond donors (Lipinski definition) is 3. The van der Waals surface area contributed by atoms with Gasteiger partial charge in [-0.15, -0.1) is 0 Å². The van der Waals surface area contributed by atoms with Crippen LogP contribution in [0.15, 0.2) is 54.6 Å². The van der Waals surface area contributed by atoms with E-state index in [1.807, 2.05) is 0 Å². The summed E-state index contributed by atoms with van der Waals surface area (Å²) < 4.78 is 46.9. The summed E-state index contributed by atoms with van der Waals surface area (Å²) in [5.74, 6) is -0.898. The minimum Gasteiger partial charge on any atom is -0.471 e. The molecule has 0 aliphatic rings. The predicted molar refractivity (Wildman–Crippen MR) is 135 cm³/mol. The maximum Gasteiger partial charge on any atom is 0.280 e. The van der Waals surface area contributed by atoms with E-state index in [1.54, 1.807) is 31.2 Å². The second-order valence-electron chi connectivity index (χ2n) is 8.68. The standard InChI is InChI=1S/C27H26F3N5O3/c1-15-9-18(11-22(32-15)25(29)30)23-24(17-5-7-19(28)8-6-17)34-27(31)35-26(23)38-14-21-4-2-3-20(33-21)10-16(12-36)13-37/h2-9,11,16,25,36-37H,10,12-14H2,1H3,(H2,31,34,35). The van der Waals surface area contributed by atoms with Crippen molar-refractivity contribution in [3.05, 3.63) is 83.2 Å². The number of aliphatic hydroxyl groups excluding tert-OH is 2. The molecule has 8 nitrogen and oxygen atoms in total. The molecule has 0 bridgehead atoms. The molecule has 1 aromatic carbocycles. The van der Waals surface area contributed by atoms with Crippen LogP contribution in [0.5, 0.6) is 5.88 Å². The molecule has 0 fully saturated rings. The van der Waals surface area contributed by atoms with Gasteiger partial charge in [0.25, 0.3) is 6.43 Å². The van der Waals surface area contributed by atoms with Gasteiger partial charge in [-0.2, -0.15) is 4.98 Å². The third kappa shape index (κ3) is 6.42. The highest BCUT2D eigenvalue weighted by Crippen LogP contribution is 2.39. The van der Waals surface area contributed by atoms with E-state index in [0.29, 0.717) is 34.6 Å². The van der Waals surface area contributed by atoms with E-state index < -0.39 is 17.9 Å². The quantitative estimate of drug-likeness (QED) is 0.280. The molecule has 0 atom stereocenters. The molecular weight excluding hydrogens is 499 g/mol. The summed E-state index contributed by atoms with van der Waals surface area (Å²) in [4.78, 5) is 17.0. The lowest BCUT2D eigenvalue weighted by molar-refractivity contribution is 0.146. The van der Waals surface area contributed by atoms with E-state index in [2.05, 4.69) is 19.9 Å².